The fraction of sp³-hybridized carbons (Fsp3) is 0.222. The summed E-state index contributed by atoms with van der Waals surface area (Å²) in [5.74, 6) is -0.395. The van der Waals surface area contributed by atoms with E-state index in [-0.39, 0.29) is 6.54 Å². The predicted molar refractivity (Wildman–Crippen MR) is 58.2 cm³/mol. The van der Waals surface area contributed by atoms with Crippen LogP contribution in [0.4, 0.5) is 0 Å². The smallest absolute Gasteiger partial charge is 0.327 e. The number of methoxy groups -OCH3 is 1. The van der Waals surface area contributed by atoms with Crippen LogP contribution in [-0.2, 0) is 16.1 Å². The number of rotatable bonds is 4. The summed E-state index contributed by atoms with van der Waals surface area (Å²) in [6.07, 6.45) is 3.35. The van der Waals surface area contributed by atoms with Crippen molar-refractivity contribution in [3.05, 3.63) is 24.5 Å². The van der Waals surface area contributed by atoms with Gasteiger partial charge < -0.3 is 4.74 Å². The predicted octanol–water partition coefficient (Wildman–Crippen LogP) is 0.392. The molecule has 0 atom stereocenters. The molecule has 0 radical (unpaired) electrons. The minimum Gasteiger partial charge on any atom is -0.468 e. The molecule has 0 aliphatic rings. The van der Waals surface area contributed by atoms with Gasteiger partial charge in [-0.1, -0.05) is 0 Å². The molecule has 2 aromatic rings. The number of tetrazole rings is 1. The molecule has 0 saturated carbocycles. The average molecular weight is 251 g/mol. The molecular weight excluding hydrogens is 242 g/mol. The van der Waals surface area contributed by atoms with E-state index in [0.717, 1.165) is 4.90 Å². The van der Waals surface area contributed by atoms with Crippen LogP contribution in [0.25, 0.3) is 0 Å². The van der Waals surface area contributed by atoms with Gasteiger partial charge >= 0.3 is 5.97 Å². The summed E-state index contributed by atoms with van der Waals surface area (Å²) in [5, 5.41) is 11.6. The van der Waals surface area contributed by atoms with E-state index in [1.807, 2.05) is 12.1 Å². The fourth-order valence-electron chi connectivity index (χ4n) is 1.07. The second kappa shape index (κ2) is 5.39. The topological polar surface area (TPSA) is 82.8 Å². The number of carbonyl (C=O) groups excluding carboxylic acids is 1. The van der Waals surface area contributed by atoms with Crippen LogP contribution in [0.2, 0.25) is 0 Å². The van der Waals surface area contributed by atoms with Crippen LogP contribution in [0, 0.1) is 0 Å². The molecule has 8 heteroatoms. The summed E-state index contributed by atoms with van der Waals surface area (Å²) < 4.78 is 5.94. The molecule has 2 aromatic heterocycles. The zero-order valence-corrected chi connectivity index (χ0v) is 9.79. The van der Waals surface area contributed by atoms with Crippen LogP contribution in [0.1, 0.15) is 0 Å². The van der Waals surface area contributed by atoms with Gasteiger partial charge in [-0.2, -0.15) is 0 Å². The van der Waals surface area contributed by atoms with Crippen molar-refractivity contribution in [2.75, 3.05) is 7.11 Å². The van der Waals surface area contributed by atoms with Crippen molar-refractivity contribution in [1.82, 2.24) is 25.2 Å². The highest BCUT2D eigenvalue weighted by molar-refractivity contribution is 7.99. The standard InChI is InChI=1S/C9H9N5O2S/c1-16-8(15)6-14-9(11-12-13-14)17-7-2-4-10-5-3-7/h2-5H,6H2,1H3. The molecule has 0 aliphatic heterocycles. The minimum absolute atomic E-state index is 0.00306. The maximum Gasteiger partial charge on any atom is 0.327 e. The van der Waals surface area contributed by atoms with E-state index < -0.39 is 5.97 Å². The Labute approximate surface area is 101 Å². The van der Waals surface area contributed by atoms with Crippen molar-refractivity contribution in [1.29, 1.82) is 0 Å². The van der Waals surface area contributed by atoms with E-state index in [1.54, 1.807) is 12.4 Å². The van der Waals surface area contributed by atoms with Crippen molar-refractivity contribution >= 4 is 17.7 Å². The molecule has 0 amide bonds. The second-order valence-corrected chi connectivity index (χ2v) is 4.02. The van der Waals surface area contributed by atoms with Crippen molar-refractivity contribution < 1.29 is 9.53 Å². The number of hydrogen-bond donors (Lipinski definition) is 0. The third kappa shape index (κ3) is 3.00. The number of pyridine rings is 1. The lowest BCUT2D eigenvalue weighted by Crippen LogP contribution is -2.13. The number of nitrogens with zero attached hydrogens (tertiary/aromatic N) is 5. The third-order valence-corrected chi connectivity index (χ3v) is 2.85. The highest BCUT2D eigenvalue weighted by atomic mass is 32.2. The monoisotopic (exact) mass is 251 g/mol. The molecule has 0 aromatic carbocycles. The summed E-state index contributed by atoms with van der Waals surface area (Å²) >= 11 is 1.35. The summed E-state index contributed by atoms with van der Waals surface area (Å²) in [5.41, 5.74) is 0. The quantitative estimate of drug-likeness (QED) is 0.727. The van der Waals surface area contributed by atoms with Gasteiger partial charge in [-0.15, -0.1) is 5.10 Å². The molecule has 88 valence electrons. The first-order valence-electron chi connectivity index (χ1n) is 4.70. The number of esters is 1. The van der Waals surface area contributed by atoms with E-state index in [2.05, 4.69) is 25.2 Å². The van der Waals surface area contributed by atoms with Gasteiger partial charge in [-0.05, 0) is 34.3 Å². The van der Waals surface area contributed by atoms with E-state index in [4.69, 9.17) is 0 Å². The number of ether oxygens (including phenoxy) is 1. The molecule has 17 heavy (non-hydrogen) atoms. The van der Waals surface area contributed by atoms with Gasteiger partial charge in [0.05, 0.1) is 7.11 Å². The van der Waals surface area contributed by atoms with Gasteiger partial charge in [-0.3, -0.25) is 9.78 Å². The Morgan fingerprint density at radius 3 is 2.94 bits per heavy atom. The maximum absolute atomic E-state index is 11.1. The van der Waals surface area contributed by atoms with Gasteiger partial charge in [0.1, 0.15) is 6.54 Å². The number of aromatic nitrogens is 5. The van der Waals surface area contributed by atoms with Gasteiger partial charge in [0.2, 0.25) is 5.16 Å². The first-order valence-corrected chi connectivity index (χ1v) is 5.52. The van der Waals surface area contributed by atoms with Crippen LogP contribution in [0.15, 0.2) is 34.6 Å². The molecular formula is C9H9N5O2S. The highest BCUT2D eigenvalue weighted by Crippen LogP contribution is 2.23. The summed E-state index contributed by atoms with van der Waals surface area (Å²) in [4.78, 5) is 16.0. The fourth-order valence-corrected chi connectivity index (χ4v) is 1.82. The molecule has 0 bridgehead atoms. The van der Waals surface area contributed by atoms with E-state index >= 15 is 0 Å². The largest absolute Gasteiger partial charge is 0.468 e. The summed E-state index contributed by atoms with van der Waals surface area (Å²) in [6.45, 7) is -0.00306. The van der Waals surface area contributed by atoms with Crippen LogP contribution < -0.4 is 0 Å². The first-order chi connectivity index (χ1) is 8.29. The Kier molecular flexibility index (Phi) is 3.66. The van der Waals surface area contributed by atoms with Gasteiger partial charge in [0.25, 0.3) is 0 Å². The molecule has 0 spiro atoms. The highest BCUT2D eigenvalue weighted by Gasteiger charge is 2.11. The van der Waals surface area contributed by atoms with Gasteiger partial charge in [0.15, 0.2) is 0 Å². The minimum atomic E-state index is -0.395. The zero-order chi connectivity index (χ0) is 12.1. The van der Waals surface area contributed by atoms with Crippen molar-refractivity contribution in [3.63, 3.8) is 0 Å². The molecule has 0 N–H and O–H groups in total. The molecule has 0 saturated heterocycles. The van der Waals surface area contributed by atoms with E-state index in [9.17, 15) is 4.79 Å². The SMILES string of the molecule is COC(=O)Cn1nnnc1Sc1ccncc1. The van der Waals surface area contributed by atoms with Crippen LogP contribution >= 0.6 is 11.8 Å². The molecule has 2 rings (SSSR count). The van der Waals surface area contributed by atoms with Crippen molar-refractivity contribution in [3.8, 4) is 0 Å². The molecule has 0 aliphatic carbocycles. The molecule has 2 heterocycles. The Hall–Kier alpha value is -1.96. The third-order valence-electron chi connectivity index (χ3n) is 1.86. The Bertz CT molecular complexity index is 501. The van der Waals surface area contributed by atoms with Crippen LogP contribution in [0.3, 0.4) is 0 Å². The second-order valence-electron chi connectivity index (χ2n) is 2.98. The molecule has 7 nitrogen and oxygen atoms in total. The lowest BCUT2D eigenvalue weighted by Gasteiger charge is -2.02. The normalized spacial score (nSPS) is 10.2. The Balaban J connectivity index is 2.12. The van der Waals surface area contributed by atoms with Gasteiger partial charge in [-0.25, -0.2) is 4.68 Å². The van der Waals surface area contributed by atoms with Crippen molar-refractivity contribution in [2.45, 2.75) is 16.6 Å². The average Bonchev–Trinajstić information content (AvgIpc) is 2.78. The number of hydrogen-bond acceptors (Lipinski definition) is 7. The number of carbonyl (C=O) groups is 1. The van der Waals surface area contributed by atoms with Crippen molar-refractivity contribution in [2.24, 2.45) is 0 Å². The van der Waals surface area contributed by atoms with Gasteiger partial charge in [0, 0.05) is 17.3 Å². The lowest BCUT2D eigenvalue weighted by atomic mass is 10.5. The van der Waals surface area contributed by atoms with Crippen LogP contribution in [0.5, 0.6) is 0 Å². The van der Waals surface area contributed by atoms with E-state index in [0.29, 0.717) is 5.16 Å². The zero-order valence-electron chi connectivity index (χ0n) is 8.98. The lowest BCUT2D eigenvalue weighted by molar-refractivity contribution is -0.141. The maximum atomic E-state index is 11.1. The Morgan fingerprint density at radius 1 is 1.47 bits per heavy atom. The van der Waals surface area contributed by atoms with E-state index in [1.165, 1.54) is 23.6 Å². The Morgan fingerprint density at radius 2 is 2.24 bits per heavy atom. The summed E-state index contributed by atoms with van der Waals surface area (Å²) in [7, 11) is 1.32. The molecule has 0 unspecified atom stereocenters. The van der Waals surface area contributed by atoms with Crippen LogP contribution in [-0.4, -0.2) is 38.3 Å². The summed E-state index contributed by atoms with van der Waals surface area (Å²) in [6, 6.07) is 3.67. The molecule has 0 fully saturated rings. The first kappa shape index (κ1) is 11.5.